The first-order valence-corrected chi connectivity index (χ1v) is 9.39. The molecule has 8 heteroatoms. The van der Waals surface area contributed by atoms with Crippen molar-refractivity contribution >= 4 is 47.6 Å². The number of benzene rings is 1. The number of rotatable bonds is 7. The van der Waals surface area contributed by atoms with Gasteiger partial charge in [-0.25, -0.2) is 13.1 Å². The summed E-state index contributed by atoms with van der Waals surface area (Å²) in [4.78, 5) is 0.0632. The lowest BCUT2D eigenvalue weighted by atomic mass is 9.90. The molecule has 5 nitrogen and oxygen atoms in total. The van der Waals surface area contributed by atoms with Gasteiger partial charge in [0.15, 0.2) is 0 Å². The Morgan fingerprint density at radius 3 is 2.48 bits per heavy atom. The third kappa shape index (κ3) is 5.52. The predicted octanol–water partition coefficient (Wildman–Crippen LogP) is 3.13. The predicted molar refractivity (Wildman–Crippen MR) is 91.7 cm³/mol. The minimum absolute atomic E-state index is 0.0632. The first-order valence-electron chi connectivity index (χ1n) is 6.32. The van der Waals surface area contributed by atoms with Gasteiger partial charge in [0.2, 0.25) is 10.0 Å². The van der Waals surface area contributed by atoms with Gasteiger partial charge in [-0.05, 0) is 39.9 Å². The van der Waals surface area contributed by atoms with E-state index in [1.165, 1.54) is 0 Å². The zero-order chi connectivity index (χ0) is 16.3. The SMILES string of the molecule is COCCC(C)(C)CNS(=O)(=O)c1c(N)cc(Br)cc1Br. The molecule has 0 saturated carbocycles. The highest BCUT2D eigenvalue weighted by Gasteiger charge is 2.25. The number of methoxy groups -OCH3 is 1. The second-order valence-corrected chi connectivity index (χ2v) is 9.01. The highest BCUT2D eigenvalue weighted by Crippen LogP contribution is 2.32. The van der Waals surface area contributed by atoms with Crippen molar-refractivity contribution in [1.82, 2.24) is 4.72 Å². The topological polar surface area (TPSA) is 81.4 Å². The van der Waals surface area contributed by atoms with Crippen LogP contribution in [0.5, 0.6) is 0 Å². The maximum absolute atomic E-state index is 12.4. The molecule has 0 aromatic heterocycles. The molecule has 21 heavy (non-hydrogen) atoms. The van der Waals surface area contributed by atoms with Crippen molar-refractivity contribution in [3.8, 4) is 0 Å². The molecule has 1 aromatic rings. The van der Waals surface area contributed by atoms with Crippen LogP contribution in [-0.2, 0) is 14.8 Å². The number of halogens is 2. The van der Waals surface area contributed by atoms with Crippen molar-refractivity contribution in [2.45, 2.75) is 25.2 Å². The lowest BCUT2D eigenvalue weighted by Crippen LogP contribution is -2.35. The summed E-state index contributed by atoms with van der Waals surface area (Å²) in [7, 11) is -2.06. The van der Waals surface area contributed by atoms with Crippen LogP contribution in [0.1, 0.15) is 20.3 Å². The zero-order valence-electron chi connectivity index (χ0n) is 12.2. The standard InChI is InChI=1S/C13H20Br2N2O3S/c1-13(2,4-5-20-3)8-17-21(18,19)12-10(15)6-9(14)7-11(12)16/h6-7,17H,4-5,8,16H2,1-3H3. The smallest absolute Gasteiger partial charge is 0.243 e. The van der Waals surface area contributed by atoms with Crippen LogP contribution in [0.25, 0.3) is 0 Å². The van der Waals surface area contributed by atoms with Crippen LogP contribution in [0.2, 0.25) is 0 Å². The van der Waals surface area contributed by atoms with E-state index >= 15 is 0 Å². The molecular weight excluding hydrogens is 424 g/mol. The van der Waals surface area contributed by atoms with Crippen LogP contribution in [0.15, 0.2) is 26.0 Å². The fourth-order valence-corrected chi connectivity index (χ4v) is 5.00. The van der Waals surface area contributed by atoms with E-state index in [0.717, 1.165) is 6.42 Å². The van der Waals surface area contributed by atoms with E-state index in [1.807, 2.05) is 13.8 Å². The number of ether oxygens (including phenoxy) is 1. The number of hydrogen-bond acceptors (Lipinski definition) is 4. The van der Waals surface area contributed by atoms with Gasteiger partial charge in [0.05, 0.1) is 5.69 Å². The van der Waals surface area contributed by atoms with Crippen molar-refractivity contribution in [1.29, 1.82) is 0 Å². The quantitative estimate of drug-likeness (QED) is 0.634. The van der Waals surface area contributed by atoms with Crippen LogP contribution < -0.4 is 10.5 Å². The number of anilines is 1. The molecule has 0 aliphatic heterocycles. The van der Waals surface area contributed by atoms with E-state index in [0.29, 0.717) is 22.1 Å². The second-order valence-electron chi connectivity index (χ2n) is 5.54. The fourth-order valence-electron chi connectivity index (χ4n) is 1.69. The highest BCUT2D eigenvalue weighted by molar-refractivity contribution is 9.11. The average Bonchev–Trinajstić information content (AvgIpc) is 2.33. The van der Waals surface area contributed by atoms with Gasteiger partial charge in [-0.3, -0.25) is 0 Å². The second kappa shape index (κ2) is 7.41. The molecule has 1 rings (SSSR count). The summed E-state index contributed by atoms with van der Waals surface area (Å²) in [5.41, 5.74) is 5.81. The molecule has 3 N–H and O–H groups in total. The van der Waals surface area contributed by atoms with E-state index in [2.05, 4.69) is 36.6 Å². The highest BCUT2D eigenvalue weighted by atomic mass is 79.9. The molecule has 0 spiro atoms. The summed E-state index contributed by atoms with van der Waals surface area (Å²) < 4.78 is 33.7. The Hall–Kier alpha value is -0.150. The van der Waals surface area contributed by atoms with Crippen LogP contribution in [0.3, 0.4) is 0 Å². The first kappa shape index (κ1) is 18.9. The minimum Gasteiger partial charge on any atom is -0.398 e. The Bertz CT molecular complexity index is 580. The summed E-state index contributed by atoms with van der Waals surface area (Å²) >= 11 is 6.52. The van der Waals surface area contributed by atoms with Gasteiger partial charge in [-0.15, -0.1) is 0 Å². The Morgan fingerprint density at radius 2 is 1.95 bits per heavy atom. The lowest BCUT2D eigenvalue weighted by molar-refractivity contribution is 0.153. The normalized spacial score (nSPS) is 12.6. The maximum Gasteiger partial charge on any atom is 0.243 e. The van der Waals surface area contributed by atoms with Crippen molar-refractivity contribution in [2.24, 2.45) is 5.41 Å². The molecule has 1 aromatic carbocycles. The summed E-state index contributed by atoms with van der Waals surface area (Å²) in [5.74, 6) is 0. The van der Waals surface area contributed by atoms with Gasteiger partial charge in [0.25, 0.3) is 0 Å². The molecule has 0 bridgehead atoms. The van der Waals surface area contributed by atoms with Crippen molar-refractivity contribution in [3.63, 3.8) is 0 Å². The number of nitrogen functional groups attached to an aromatic ring is 1. The number of nitrogens with two attached hydrogens (primary N) is 1. The number of nitrogens with one attached hydrogen (secondary N) is 1. The van der Waals surface area contributed by atoms with Gasteiger partial charge >= 0.3 is 0 Å². The number of sulfonamides is 1. The van der Waals surface area contributed by atoms with E-state index in [1.54, 1.807) is 19.2 Å². The van der Waals surface area contributed by atoms with E-state index in [9.17, 15) is 8.42 Å². The van der Waals surface area contributed by atoms with E-state index < -0.39 is 10.0 Å². The molecule has 0 saturated heterocycles. The van der Waals surface area contributed by atoms with Gasteiger partial charge < -0.3 is 10.5 Å². The van der Waals surface area contributed by atoms with Gasteiger partial charge in [0.1, 0.15) is 4.90 Å². The Kier molecular flexibility index (Phi) is 6.67. The average molecular weight is 444 g/mol. The Morgan fingerprint density at radius 1 is 1.33 bits per heavy atom. The summed E-state index contributed by atoms with van der Waals surface area (Å²) in [5, 5.41) is 0. The molecule has 0 unspecified atom stereocenters. The van der Waals surface area contributed by atoms with Crippen LogP contribution in [0, 0.1) is 5.41 Å². The van der Waals surface area contributed by atoms with Crippen molar-refractivity contribution in [3.05, 3.63) is 21.1 Å². The fraction of sp³-hybridized carbons (Fsp3) is 0.538. The van der Waals surface area contributed by atoms with E-state index in [4.69, 9.17) is 10.5 Å². The third-order valence-corrected chi connectivity index (χ3v) is 5.89. The molecule has 0 atom stereocenters. The third-order valence-electron chi connectivity index (χ3n) is 3.03. The van der Waals surface area contributed by atoms with E-state index in [-0.39, 0.29) is 16.0 Å². The maximum atomic E-state index is 12.4. The molecule has 120 valence electrons. The largest absolute Gasteiger partial charge is 0.398 e. The Balaban J connectivity index is 2.93. The monoisotopic (exact) mass is 442 g/mol. The van der Waals surface area contributed by atoms with Crippen molar-refractivity contribution in [2.75, 3.05) is 26.0 Å². The molecule has 0 fully saturated rings. The molecule has 0 amide bonds. The molecule has 0 aliphatic carbocycles. The zero-order valence-corrected chi connectivity index (χ0v) is 16.2. The minimum atomic E-state index is -3.68. The first-order chi connectivity index (χ1) is 9.59. The Labute approximate surface area is 142 Å². The van der Waals surface area contributed by atoms with Crippen LogP contribution in [-0.4, -0.2) is 28.7 Å². The van der Waals surface area contributed by atoms with Gasteiger partial charge in [-0.1, -0.05) is 29.8 Å². The van der Waals surface area contributed by atoms with Gasteiger partial charge in [0, 0.05) is 29.2 Å². The summed E-state index contributed by atoms with van der Waals surface area (Å²) in [6, 6.07) is 3.22. The molecule has 0 aliphatic rings. The summed E-state index contributed by atoms with van der Waals surface area (Å²) in [6.07, 6.45) is 0.753. The molecule has 0 heterocycles. The van der Waals surface area contributed by atoms with Gasteiger partial charge in [-0.2, -0.15) is 0 Å². The molecule has 0 radical (unpaired) electrons. The van der Waals surface area contributed by atoms with Crippen LogP contribution >= 0.6 is 31.9 Å². The summed E-state index contributed by atoms with van der Waals surface area (Å²) in [6.45, 7) is 4.85. The van der Waals surface area contributed by atoms with Crippen LogP contribution in [0.4, 0.5) is 5.69 Å². The number of hydrogen-bond donors (Lipinski definition) is 2. The lowest BCUT2D eigenvalue weighted by Gasteiger charge is -2.24. The molecular formula is C13H20Br2N2O3S. The van der Waals surface area contributed by atoms with Crippen molar-refractivity contribution < 1.29 is 13.2 Å².